The molecule has 3 aromatic rings. The zero-order valence-corrected chi connectivity index (χ0v) is 17.5. The van der Waals surface area contributed by atoms with Gasteiger partial charge in [-0.15, -0.1) is 0 Å². The molecule has 0 bridgehead atoms. The molecule has 7 nitrogen and oxygen atoms in total. The SMILES string of the molecule is CCOC(=O)N1CCN(c2nc(NCc3ccc(C)cc3)c3ccccc3n2)CC1. The smallest absolute Gasteiger partial charge is 0.409 e. The maximum absolute atomic E-state index is 12.0. The van der Waals surface area contributed by atoms with E-state index in [0.29, 0.717) is 45.3 Å². The minimum Gasteiger partial charge on any atom is -0.450 e. The Morgan fingerprint density at radius 3 is 2.50 bits per heavy atom. The van der Waals surface area contributed by atoms with Crippen molar-refractivity contribution in [1.29, 1.82) is 0 Å². The van der Waals surface area contributed by atoms with E-state index in [1.807, 2.05) is 31.2 Å². The molecule has 156 valence electrons. The van der Waals surface area contributed by atoms with Crippen LogP contribution in [0.5, 0.6) is 0 Å². The van der Waals surface area contributed by atoms with E-state index in [0.717, 1.165) is 16.7 Å². The molecule has 1 saturated heterocycles. The van der Waals surface area contributed by atoms with Crippen molar-refractivity contribution in [2.75, 3.05) is 43.0 Å². The molecule has 1 N–H and O–H groups in total. The highest BCUT2D eigenvalue weighted by molar-refractivity contribution is 5.90. The molecule has 4 rings (SSSR count). The van der Waals surface area contributed by atoms with Gasteiger partial charge in [-0.05, 0) is 31.5 Å². The zero-order chi connectivity index (χ0) is 20.9. The first kappa shape index (κ1) is 19.9. The monoisotopic (exact) mass is 405 g/mol. The highest BCUT2D eigenvalue weighted by Gasteiger charge is 2.24. The first-order valence-corrected chi connectivity index (χ1v) is 10.4. The Morgan fingerprint density at radius 2 is 1.77 bits per heavy atom. The molecule has 0 spiro atoms. The van der Waals surface area contributed by atoms with E-state index in [-0.39, 0.29) is 6.09 Å². The second-order valence-electron chi connectivity index (χ2n) is 7.40. The highest BCUT2D eigenvalue weighted by Crippen LogP contribution is 2.24. The summed E-state index contributed by atoms with van der Waals surface area (Å²) in [5.74, 6) is 1.51. The summed E-state index contributed by atoms with van der Waals surface area (Å²) in [7, 11) is 0. The molecular weight excluding hydrogens is 378 g/mol. The molecular formula is C23H27N5O2. The van der Waals surface area contributed by atoms with Crippen molar-refractivity contribution >= 4 is 28.8 Å². The van der Waals surface area contributed by atoms with Crippen molar-refractivity contribution < 1.29 is 9.53 Å². The Hall–Kier alpha value is -3.35. The molecule has 2 heterocycles. The molecule has 0 aliphatic carbocycles. The van der Waals surface area contributed by atoms with Crippen LogP contribution < -0.4 is 10.2 Å². The number of piperazine rings is 1. The van der Waals surface area contributed by atoms with E-state index in [4.69, 9.17) is 14.7 Å². The van der Waals surface area contributed by atoms with Crippen LogP contribution >= 0.6 is 0 Å². The van der Waals surface area contributed by atoms with Crippen molar-refractivity contribution in [2.45, 2.75) is 20.4 Å². The number of carbonyl (C=O) groups excluding carboxylic acids is 1. The van der Waals surface area contributed by atoms with Gasteiger partial charge in [-0.25, -0.2) is 9.78 Å². The number of para-hydroxylation sites is 1. The number of rotatable bonds is 5. The van der Waals surface area contributed by atoms with Crippen molar-refractivity contribution in [1.82, 2.24) is 14.9 Å². The summed E-state index contributed by atoms with van der Waals surface area (Å²) < 4.78 is 5.11. The largest absolute Gasteiger partial charge is 0.450 e. The van der Waals surface area contributed by atoms with E-state index < -0.39 is 0 Å². The van der Waals surface area contributed by atoms with Crippen LogP contribution in [0.3, 0.4) is 0 Å². The highest BCUT2D eigenvalue weighted by atomic mass is 16.6. The molecule has 7 heteroatoms. The van der Waals surface area contributed by atoms with Crippen LogP contribution in [0, 0.1) is 6.92 Å². The quantitative estimate of drug-likeness (QED) is 0.696. The van der Waals surface area contributed by atoms with Gasteiger partial charge in [-0.2, -0.15) is 4.98 Å². The minimum atomic E-state index is -0.253. The fraction of sp³-hybridized carbons (Fsp3) is 0.348. The van der Waals surface area contributed by atoms with Gasteiger partial charge >= 0.3 is 6.09 Å². The topological polar surface area (TPSA) is 70.6 Å². The summed E-state index contributed by atoms with van der Waals surface area (Å²) in [4.78, 5) is 25.4. The number of benzene rings is 2. The van der Waals surface area contributed by atoms with Gasteiger partial charge in [0.2, 0.25) is 5.95 Å². The molecule has 0 saturated carbocycles. The third-order valence-electron chi connectivity index (χ3n) is 5.26. The van der Waals surface area contributed by atoms with Gasteiger partial charge in [-0.1, -0.05) is 42.0 Å². The fourth-order valence-electron chi connectivity index (χ4n) is 3.54. The molecule has 1 aliphatic heterocycles. The van der Waals surface area contributed by atoms with Crippen molar-refractivity contribution in [3.8, 4) is 0 Å². The number of hydrogen-bond acceptors (Lipinski definition) is 6. The van der Waals surface area contributed by atoms with Crippen LogP contribution in [0.15, 0.2) is 48.5 Å². The number of fused-ring (bicyclic) bond motifs is 1. The van der Waals surface area contributed by atoms with Gasteiger partial charge in [0.1, 0.15) is 5.82 Å². The lowest BCUT2D eigenvalue weighted by atomic mass is 10.1. The average molecular weight is 406 g/mol. The fourth-order valence-corrected chi connectivity index (χ4v) is 3.54. The molecule has 0 radical (unpaired) electrons. The van der Waals surface area contributed by atoms with Crippen LogP contribution in [0.4, 0.5) is 16.6 Å². The van der Waals surface area contributed by atoms with Gasteiger partial charge in [-0.3, -0.25) is 0 Å². The lowest BCUT2D eigenvalue weighted by molar-refractivity contribution is 0.105. The Balaban J connectivity index is 1.53. The van der Waals surface area contributed by atoms with E-state index in [9.17, 15) is 4.79 Å². The van der Waals surface area contributed by atoms with Crippen molar-refractivity contribution in [3.63, 3.8) is 0 Å². The Morgan fingerprint density at radius 1 is 1.03 bits per heavy atom. The van der Waals surface area contributed by atoms with Gasteiger partial charge in [0.15, 0.2) is 0 Å². The third kappa shape index (κ3) is 4.45. The summed E-state index contributed by atoms with van der Waals surface area (Å²) in [5, 5.41) is 4.48. The van der Waals surface area contributed by atoms with Crippen LogP contribution in [0.2, 0.25) is 0 Å². The second-order valence-corrected chi connectivity index (χ2v) is 7.40. The summed E-state index contributed by atoms with van der Waals surface area (Å²) in [5.41, 5.74) is 3.35. The molecule has 0 atom stereocenters. The van der Waals surface area contributed by atoms with Crippen LogP contribution in [-0.2, 0) is 11.3 Å². The van der Waals surface area contributed by atoms with Crippen LogP contribution in [-0.4, -0.2) is 53.7 Å². The molecule has 0 unspecified atom stereocenters. The third-order valence-corrected chi connectivity index (χ3v) is 5.26. The number of aryl methyl sites for hydroxylation is 1. The number of aromatic nitrogens is 2. The molecule has 1 amide bonds. The molecule has 30 heavy (non-hydrogen) atoms. The second kappa shape index (κ2) is 8.98. The number of anilines is 2. The summed E-state index contributed by atoms with van der Waals surface area (Å²) in [6.07, 6.45) is -0.253. The molecule has 1 aromatic heterocycles. The lowest BCUT2D eigenvalue weighted by Gasteiger charge is -2.34. The first-order chi connectivity index (χ1) is 14.6. The first-order valence-electron chi connectivity index (χ1n) is 10.4. The normalized spacial score (nSPS) is 14.1. The van der Waals surface area contributed by atoms with Crippen LogP contribution in [0.25, 0.3) is 10.9 Å². The maximum atomic E-state index is 12.0. The predicted molar refractivity (Wildman–Crippen MR) is 119 cm³/mol. The number of hydrogen-bond donors (Lipinski definition) is 1. The summed E-state index contributed by atoms with van der Waals surface area (Å²) in [6, 6.07) is 16.5. The Kier molecular flexibility index (Phi) is 5.97. The van der Waals surface area contributed by atoms with Gasteiger partial charge in [0.05, 0.1) is 12.1 Å². The van der Waals surface area contributed by atoms with Crippen LogP contribution in [0.1, 0.15) is 18.1 Å². The summed E-state index contributed by atoms with van der Waals surface area (Å²) >= 11 is 0. The van der Waals surface area contributed by atoms with E-state index >= 15 is 0 Å². The maximum Gasteiger partial charge on any atom is 0.409 e. The standard InChI is InChI=1S/C23H27N5O2/c1-3-30-23(29)28-14-12-27(13-15-28)22-25-20-7-5-4-6-19(20)21(26-22)24-16-18-10-8-17(2)9-11-18/h4-11H,3,12-16H2,1-2H3,(H,24,25,26). The van der Waals surface area contributed by atoms with E-state index in [1.54, 1.807) is 4.90 Å². The minimum absolute atomic E-state index is 0.253. The van der Waals surface area contributed by atoms with Gasteiger partial charge < -0.3 is 19.9 Å². The Labute approximate surface area is 176 Å². The number of ether oxygens (including phenoxy) is 1. The van der Waals surface area contributed by atoms with Gasteiger partial charge in [0.25, 0.3) is 0 Å². The number of nitrogens with one attached hydrogen (secondary N) is 1. The lowest BCUT2D eigenvalue weighted by Crippen LogP contribution is -2.49. The molecule has 2 aromatic carbocycles. The van der Waals surface area contributed by atoms with E-state index in [2.05, 4.69) is 41.4 Å². The molecule has 1 aliphatic rings. The predicted octanol–water partition coefficient (Wildman–Crippen LogP) is 3.83. The zero-order valence-electron chi connectivity index (χ0n) is 17.5. The number of nitrogens with zero attached hydrogens (tertiary/aromatic N) is 4. The molecule has 1 fully saturated rings. The number of carbonyl (C=O) groups is 1. The number of amides is 1. The summed E-state index contributed by atoms with van der Waals surface area (Å²) in [6.45, 7) is 7.54. The van der Waals surface area contributed by atoms with Crippen molar-refractivity contribution in [3.05, 3.63) is 59.7 Å². The van der Waals surface area contributed by atoms with E-state index in [1.165, 1.54) is 11.1 Å². The Bertz CT molecular complexity index is 1010. The van der Waals surface area contributed by atoms with Gasteiger partial charge in [0, 0.05) is 38.1 Å². The average Bonchev–Trinajstić information content (AvgIpc) is 2.78. The van der Waals surface area contributed by atoms with Crippen molar-refractivity contribution in [2.24, 2.45) is 0 Å².